The summed E-state index contributed by atoms with van der Waals surface area (Å²) >= 11 is 0. The van der Waals surface area contributed by atoms with Crippen LogP contribution in [0.1, 0.15) is 37.2 Å². The molecule has 1 amide bonds. The predicted octanol–water partition coefficient (Wildman–Crippen LogP) is 2.38. The van der Waals surface area contributed by atoms with Crippen molar-refractivity contribution in [2.24, 2.45) is 0 Å². The molecule has 6 heteroatoms. The third-order valence-electron chi connectivity index (χ3n) is 6.12. The molecule has 0 spiro atoms. The minimum Gasteiger partial charge on any atom is -0.497 e. The van der Waals surface area contributed by atoms with Gasteiger partial charge in [-0.15, -0.1) is 0 Å². The quantitative estimate of drug-likeness (QED) is 0.900. The van der Waals surface area contributed by atoms with E-state index < -0.39 is 5.54 Å². The van der Waals surface area contributed by atoms with Gasteiger partial charge in [0.25, 0.3) is 5.91 Å². The maximum Gasteiger partial charge on any atom is 0.250 e. The number of piperidine rings is 2. The van der Waals surface area contributed by atoms with Crippen molar-refractivity contribution >= 4 is 5.91 Å². The Hall–Kier alpha value is -2.34. The maximum atomic E-state index is 13.5. The van der Waals surface area contributed by atoms with E-state index in [1.54, 1.807) is 13.3 Å². The topological polar surface area (TPSA) is 59.4 Å². The van der Waals surface area contributed by atoms with Crippen LogP contribution in [0.2, 0.25) is 0 Å². The van der Waals surface area contributed by atoms with Gasteiger partial charge in [-0.1, -0.05) is 12.1 Å². The van der Waals surface area contributed by atoms with Crippen molar-refractivity contribution < 1.29 is 9.53 Å². The molecule has 3 heterocycles. The van der Waals surface area contributed by atoms with Crippen LogP contribution in [0, 0.1) is 0 Å². The van der Waals surface area contributed by atoms with Crippen molar-refractivity contribution in [3.63, 3.8) is 0 Å². The number of nitrogens with one attached hydrogen (secondary N) is 1. The monoisotopic (exact) mass is 368 g/mol. The molecular weight excluding hydrogens is 340 g/mol. The Morgan fingerprint density at radius 1 is 1.22 bits per heavy atom. The van der Waals surface area contributed by atoms with E-state index in [0.717, 1.165) is 57.6 Å². The molecule has 0 unspecified atom stereocenters. The summed E-state index contributed by atoms with van der Waals surface area (Å²) in [5.41, 5.74) is 0.780. The molecule has 6 nitrogen and oxygen atoms in total. The van der Waals surface area contributed by atoms with Crippen LogP contribution in [-0.2, 0) is 10.3 Å². The molecule has 0 saturated carbocycles. The van der Waals surface area contributed by atoms with Gasteiger partial charge in [0.1, 0.15) is 11.3 Å². The highest BCUT2D eigenvalue weighted by Crippen LogP contribution is 2.34. The third kappa shape index (κ3) is 3.46. The van der Waals surface area contributed by atoms with Crippen molar-refractivity contribution in [3.8, 4) is 5.75 Å². The largest absolute Gasteiger partial charge is 0.497 e. The van der Waals surface area contributed by atoms with Crippen molar-refractivity contribution in [1.82, 2.24) is 20.0 Å². The number of carbonyl (C=O) groups is 1. The third-order valence-corrected chi connectivity index (χ3v) is 6.12. The number of rotatable bonds is 4. The molecule has 2 fully saturated rings. The number of benzene rings is 1. The van der Waals surface area contributed by atoms with Crippen molar-refractivity contribution in [3.05, 3.63) is 48.3 Å². The number of hydrogen-bond donors (Lipinski definition) is 1. The van der Waals surface area contributed by atoms with E-state index in [2.05, 4.69) is 27.4 Å². The zero-order chi connectivity index (χ0) is 18.7. The number of likely N-dealkylation sites (tertiary alicyclic amines) is 1. The Morgan fingerprint density at radius 2 is 2.00 bits per heavy atom. The minimum atomic E-state index is -0.530. The summed E-state index contributed by atoms with van der Waals surface area (Å²) in [6.45, 7) is 3.31. The Bertz CT molecular complexity index is 760. The highest BCUT2D eigenvalue weighted by molar-refractivity contribution is 5.84. The number of aromatic nitrogens is 2. The van der Waals surface area contributed by atoms with Crippen LogP contribution in [0.25, 0.3) is 0 Å². The molecule has 27 heavy (non-hydrogen) atoms. The first-order valence-electron chi connectivity index (χ1n) is 9.87. The maximum absolute atomic E-state index is 13.5. The highest BCUT2D eigenvalue weighted by Gasteiger charge is 2.45. The average molecular weight is 368 g/mol. The average Bonchev–Trinajstić information content (AvgIpc) is 3.29. The summed E-state index contributed by atoms with van der Waals surface area (Å²) in [6, 6.07) is 10.2. The van der Waals surface area contributed by atoms with Gasteiger partial charge in [-0.05, 0) is 68.5 Å². The molecule has 2 saturated heterocycles. The zero-order valence-electron chi connectivity index (χ0n) is 15.9. The van der Waals surface area contributed by atoms with Gasteiger partial charge in [-0.25, -0.2) is 0 Å². The molecular formula is C21H28N4O2. The van der Waals surface area contributed by atoms with Crippen LogP contribution < -0.4 is 10.1 Å². The van der Waals surface area contributed by atoms with Crippen molar-refractivity contribution in [1.29, 1.82) is 0 Å². The van der Waals surface area contributed by atoms with Gasteiger partial charge in [-0.2, -0.15) is 5.10 Å². The number of ether oxygens (including phenoxy) is 1. The fraction of sp³-hybridized carbons (Fsp3) is 0.524. The SMILES string of the molecule is COc1cccc(C2CCN(C(=O)C3(n4cccn4)CCNCC3)CC2)c1. The van der Waals surface area contributed by atoms with Crippen molar-refractivity contribution in [2.45, 2.75) is 37.1 Å². The number of carbonyl (C=O) groups excluding carboxylic acids is 1. The predicted molar refractivity (Wildman–Crippen MR) is 104 cm³/mol. The van der Waals surface area contributed by atoms with Gasteiger partial charge in [0.05, 0.1) is 7.11 Å². The lowest BCUT2D eigenvalue weighted by Crippen LogP contribution is -2.56. The Kier molecular flexibility index (Phi) is 5.16. The number of hydrogen-bond acceptors (Lipinski definition) is 4. The summed E-state index contributed by atoms with van der Waals surface area (Å²) in [4.78, 5) is 15.6. The fourth-order valence-electron chi connectivity index (χ4n) is 4.51. The molecule has 2 aromatic rings. The smallest absolute Gasteiger partial charge is 0.250 e. The van der Waals surface area contributed by atoms with E-state index >= 15 is 0 Å². The highest BCUT2D eigenvalue weighted by atomic mass is 16.5. The molecule has 0 aliphatic carbocycles. The Balaban J connectivity index is 1.47. The van der Waals surface area contributed by atoms with E-state index in [1.807, 2.05) is 29.1 Å². The molecule has 4 rings (SSSR count). The van der Waals surface area contributed by atoms with Crippen LogP contribution in [0.4, 0.5) is 0 Å². The zero-order valence-corrected chi connectivity index (χ0v) is 15.9. The van der Waals surface area contributed by atoms with Gasteiger partial charge in [0.2, 0.25) is 0 Å². The van der Waals surface area contributed by atoms with E-state index in [9.17, 15) is 4.79 Å². The number of nitrogens with zero attached hydrogens (tertiary/aromatic N) is 3. The van der Waals surface area contributed by atoms with Gasteiger partial charge >= 0.3 is 0 Å². The van der Waals surface area contributed by atoms with Gasteiger partial charge < -0.3 is 15.0 Å². The summed E-state index contributed by atoms with van der Waals surface area (Å²) in [5.74, 6) is 1.62. The number of amides is 1. The second-order valence-electron chi connectivity index (χ2n) is 7.58. The first-order valence-corrected chi connectivity index (χ1v) is 9.87. The molecule has 2 aliphatic rings. The van der Waals surface area contributed by atoms with Crippen LogP contribution in [0.5, 0.6) is 5.75 Å². The summed E-state index contributed by atoms with van der Waals surface area (Å²) in [7, 11) is 1.70. The molecule has 1 aromatic heterocycles. The normalized spacial score (nSPS) is 20.4. The van der Waals surface area contributed by atoms with E-state index in [-0.39, 0.29) is 5.91 Å². The number of methoxy groups -OCH3 is 1. The first kappa shape index (κ1) is 18.0. The summed E-state index contributed by atoms with van der Waals surface area (Å²) in [6.07, 6.45) is 7.28. The second-order valence-corrected chi connectivity index (χ2v) is 7.58. The van der Waals surface area contributed by atoms with E-state index in [4.69, 9.17) is 4.74 Å². The van der Waals surface area contributed by atoms with E-state index in [0.29, 0.717) is 5.92 Å². The molecule has 0 bridgehead atoms. The Labute approximate surface area is 160 Å². The molecule has 2 aliphatic heterocycles. The molecule has 0 radical (unpaired) electrons. The summed E-state index contributed by atoms with van der Waals surface area (Å²) < 4.78 is 7.25. The lowest BCUT2D eigenvalue weighted by Gasteiger charge is -2.42. The van der Waals surface area contributed by atoms with Gasteiger partial charge in [0.15, 0.2) is 0 Å². The minimum absolute atomic E-state index is 0.233. The second kappa shape index (κ2) is 7.72. The van der Waals surface area contributed by atoms with Crippen LogP contribution >= 0.6 is 0 Å². The Morgan fingerprint density at radius 3 is 2.67 bits per heavy atom. The molecule has 0 atom stereocenters. The summed E-state index contributed by atoms with van der Waals surface area (Å²) in [5, 5.41) is 7.81. The van der Waals surface area contributed by atoms with Gasteiger partial charge in [-0.3, -0.25) is 9.48 Å². The van der Waals surface area contributed by atoms with Crippen molar-refractivity contribution in [2.75, 3.05) is 33.3 Å². The van der Waals surface area contributed by atoms with E-state index in [1.165, 1.54) is 5.56 Å². The first-order chi connectivity index (χ1) is 13.2. The molecule has 1 aromatic carbocycles. The van der Waals surface area contributed by atoms with Crippen LogP contribution in [0.15, 0.2) is 42.7 Å². The molecule has 1 N–H and O–H groups in total. The van der Waals surface area contributed by atoms with Gasteiger partial charge in [0, 0.05) is 25.5 Å². The van der Waals surface area contributed by atoms with Crippen LogP contribution in [-0.4, -0.2) is 53.9 Å². The fourth-order valence-corrected chi connectivity index (χ4v) is 4.51. The standard InChI is InChI=1S/C21H28N4O2/c1-27-19-5-2-4-18(16-19)17-6-14-24(15-7-17)20(26)21(8-11-22-12-9-21)25-13-3-10-23-25/h2-5,10,13,16-17,22H,6-9,11-12,14-15H2,1H3. The lowest BCUT2D eigenvalue weighted by molar-refractivity contribution is -0.144. The lowest BCUT2D eigenvalue weighted by atomic mass is 9.84. The van der Waals surface area contributed by atoms with Crippen LogP contribution in [0.3, 0.4) is 0 Å². The molecule has 144 valence electrons.